The van der Waals surface area contributed by atoms with E-state index in [1.807, 2.05) is 0 Å². The van der Waals surface area contributed by atoms with E-state index in [-0.39, 0.29) is 17.3 Å². The molecule has 3 aromatic rings. The third-order valence-electron chi connectivity index (χ3n) is 4.76. The van der Waals surface area contributed by atoms with E-state index in [1.165, 1.54) is 19.2 Å². The molecule has 1 aliphatic heterocycles. The van der Waals surface area contributed by atoms with Crippen molar-refractivity contribution in [2.45, 2.75) is 6.61 Å². The van der Waals surface area contributed by atoms with Crippen molar-refractivity contribution in [3.8, 4) is 11.5 Å². The average molecular weight is 549 g/mol. The van der Waals surface area contributed by atoms with Crippen molar-refractivity contribution in [1.29, 1.82) is 0 Å². The van der Waals surface area contributed by atoms with Gasteiger partial charge in [0.25, 0.3) is 11.1 Å². The molecule has 168 valence electrons. The summed E-state index contributed by atoms with van der Waals surface area (Å²) < 4.78 is 25.0. The molecular formula is C24H16BrClFNO4S. The second-order valence-corrected chi connectivity index (χ2v) is 9.22. The first kappa shape index (κ1) is 23.4. The highest BCUT2D eigenvalue weighted by Crippen LogP contribution is 2.39. The highest BCUT2D eigenvalue weighted by atomic mass is 79.9. The zero-order valence-electron chi connectivity index (χ0n) is 17.2. The molecule has 0 saturated carbocycles. The molecule has 0 aromatic heterocycles. The number of thioether (sulfide) groups is 1. The van der Waals surface area contributed by atoms with Gasteiger partial charge < -0.3 is 9.47 Å². The van der Waals surface area contributed by atoms with E-state index in [4.69, 9.17) is 21.1 Å². The molecule has 0 aliphatic carbocycles. The maximum absolute atomic E-state index is 13.1. The number of nitrogens with zero attached hydrogens (tertiary/aromatic N) is 1. The summed E-state index contributed by atoms with van der Waals surface area (Å²) in [4.78, 5) is 26.8. The Hall–Kier alpha value is -2.81. The number of methoxy groups -OCH3 is 1. The molecule has 2 amide bonds. The number of rotatable bonds is 6. The Morgan fingerprint density at radius 1 is 1.06 bits per heavy atom. The summed E-state index contributed by atoms with van der Waals surface area (Å²) in [6, 6.07) is 15.9. The van der Waals surface area contributed by atoms with Gasteiger partial charge in [0.15, 0.2) is 11.5 Å². The van der Waals surface area contributed by atoms with E-state index in [0.29, 0.717) is 32.2 Å². The summed E-state index contributed by atoms with van der Waals surface area (Å²) in [7, 11) is 1.51. The summed E-state index contributed by atoms with van der Waals surface area (Å²) >= 11 is 10.2. The van der Waals surface area contributed by atoms with E-state index in [2.05, 4.69) is 15.9 Å². The topological polar surface area (TPSA) is 55.8 Å². The molecular weight excluding hydrogens is 533 g/mol. The molecule has 33 heavy (non-hydrogen) atoms. The number of anilines is 1. The minimum absolute atomic E-state index is 0.225. The summed E-state index contributed by atoms with van der Waals surface area (Å²) in [5.41, 5.74) is 1.89. The van der Waals surface area contributed by atoms with E-state index < -0.39 is 11.1 Å². The highest BCUT2D eigenvalue weighted by Gasteiger charge is 2.36. The standard InChI is InChI=1S/C24H16BrClFNO4S/c1-31-20-10-15(19(25)12-21(20)32-13-14-2-6-17(27)7-3-14)11-22-23(29)28(24(30)33-22)18-8-4-16(26)5-9-18/h2-12H,13H2,1H3/b22-11+. The monoisotopic (exact) mass is 547 g/mol. The van der Waals surface area contributed by atoms with Crippen molar-refractivity contribution in [3.63, 3.8) is 0 Å². The first-order chi connectivity index (χ1) is 15.9. The Balaban J connectivity index is 1.57. The van der Waals surface area contributed by atoms with Gasteiger partial charge in [0.1, 0.15) is 12.4 Å². The smallest absolute Gasteiger partial charge is 0.298 e. The van der Waals surface area contributed by atoms with Gasteiger partial charge in [-0.1, -0.05) is 39.7 Å². The van der Waals surface area contributed by atoms with Crippen LogP contribution in [0.2, 0.25) is 5.02 Å². The van der Waals surface area contributed by atoms with Gasteiger partial charge in [-0.15, -0.1) is 0 Å². The normalized spacial score (nSPS) is 14.8. The van der Waals surface area contributed by atoms with E-state index in [1.54, 1.807) is 54.6 Å². The molecule has 0 bridgehead atoms. The summed E-state index contributed by atoms with van der Waals surface area (Å²) in [5.74, 6) is 0.183. The number of hydrogen-bond acceptors (Lipinski definition) is 5. The predicted octanol–water partition coefficient (Wildman–Crippen LogP) is 7.07. The second-order valence-electron chi connectivity index (χ2n) is 6.93. The number of imide groups is 1. The van der Waals surface area contributed by atoms with Crippen LogP contribution in [0.1, 0.15) is 11.1 Å². The molecule has 0 spiro atoms. The van der Waals surface area contributed by atoms with Crippen LogP contribution in [0.3, 0.4) is 0 Å². The van der Waals surface area contributed by atoms with Crippen LogP contribution < -0.4 is 14.4 Å². The van der Waals surface area contributed by atoms with Gasteiger partial charge >= 0.3 is 0 Å². The second kappa shape index (κ2) is 9.99. The number of carbonyl (C=O) groups is 2. The molecule has 1 heterocycles. The molecule has 4 rings (SSSR count). The van der Waals surface area contributed by atoms with Gasteiger partial charge in [0, 0.05) is 9.50 Å². The van der Waals surface area contributed by atoms with Crippen LogP contribution in [0.5, 0.6) is 11.5 Å². The Bertz CT molecular complexity index is 1250. The minimum atomic E-state index is -0.421. The molecule has 0 unspecified atom stereocenters. The number of ether oxygens (including phenoxy) is 2. The molecule has 1 aliphatic rings. The van der Waals surface area contributed by atoms with Gasteiger partial charge in [-0.3, -0.25) is 9.59 Å². The fraction of sp³-hybridized carbons (Fsp3) is 0.0833. The maximum Gasteiger partial charge on any atom is 0.298 e. The average Bonchev–Trinajstić information content (AvgIpc) is 3.08. The number of carbonyl (C=O) groups excluding carboxylic acids is 2. The van der Waals surface area contributed by atoms with Crippen LogP contribution in [0.25, 0.3) is 6.08 Å². The fourth-order valence-corrected chi connectivity index (χ4v) is 4.49. The van der Waals surface area contributed by atoms with E-state index >= 15 is 0 Å². The zero-order chi connectivity index (χ0) is 23.5. The van der Waals surface area contributed by atoms with Gasteiger partial charge in [-0.2, -0.15) is 0 Å². The van der Waals surface area contributed by atoms with Gasteiger partial charge in [-0.25, -0.2) is 9.29 Å². The van der Waals surface area contributed by atoms with Gasteiger partial charge in [0.2, 0.25) is 0 Å². The number of halogens is 3. The van der Waals surface area contributed by atoms with Crippen molar-refractivity contribution in [3.05, 3.63) is 92.0 Å². The van der Waals surface area contributed by atoms with Gasteiger partial charge in [0.05, 0.1) is 17.7 Å². The van der Waals surface area contributed by atoms with Gasteiger partial charge in [-0.05, 0) is 77.5 Å². The van der Waals surface area contributed by atoms with Crippen molar-refractivity contribution >= 4 is 62.2 Å². The molecule has 9 heteroatoms. The number of benzene rings is 3. The molecule has 0 N–H and O–H groups in total. The fourth-order valence-electron chi connectivity index (χ4n) is 3.10. The van der Waals surface area contributed by atoms with Crippen molar-refractivity contribution in [2.75, 3.05) is 12.0 Å². The van der Waals surface area contributed by atoms with Crippen LogP contribution in [0, 0.1) is 5.82 Å². The lowest BCUT2D eigenvalue weighted by atomic mass is 10.1. The third kappa shape index (κ3) is 5.24. The van der Waals surface area contributed by atoms with Crippen molar-refractivity contribution in [2.24, 2.45) is 0 Å². The van der Waals surface area contributed by atoms with Crippen molar-refractivity contribution in [1.82, 2.24) is 0 Å². The lowest BCUT2D eigenvalue weighted by Gasteiger charge is -2.13. The molecule has 5 nitrogen and oxygen atoms in total. The van der Waals surface area contributed by atoms with Crippen molar-refractivity contribution < 1.29 is 23.5 Å². The molecule has 1 saturated heterocycles. The highest BCUT2D eigenvalue weighted by molar-refractivity contribution is 9.10. The summed E-state index contributed by atoms with van der Waals surface area (Å²) in [6.45, 7) is 0.225. The van der Waals surface area contributed by atoms with E-state index in [9.17, 15) is 14.0 Å². The first-order valence-electron chi connectivity index (χ1n) is 9.64. The summed E-state index contributed by atoms with van der Waals surface area (Å²) in [6.07, 6.45) is 1.62. The van der Waals surface area contributed by atoms with E-state index in [0.717, 1.165) is 22.2 Å². The summed E-state index contributed by atoms with van der Waals surface area (Å²) in [5, 5.41) is 0.120. The van der Waals surface area contributed by atoms with Crippen LogP contribution in [-0.4, -0.2) is 18.3 Å². The zero-order valence-corrected chi connectivity index (χ0v) is 20.3. The molecule has 0 atom stereocenters. The number of hydrogen-bond donors (Lipinski definition) is 0. The lowest BCUT2D eigenvalue weighted by Crippen LogP contribution is -2.27. The van der Waals surface area contributed by atoms with Crippen LogP contribution in [-0.2, 0) is 11.4 Å². The first-order valence-corrected chi connectivity index (χ1v) is 11.6. The Morgan fingerprint density at radius 2 is 1.76 bits per heavy atom. The number of amides is 2. The van der Waals surface area contributed by atoms with Crippen LogP contribution in [0.4, 0.5) is 14.9 Å². The Kier molecular flexibility index (Phi) is 7.07. The Morgan fingerprint density at radius 3 is 2.42 bits per heavy atom. The third-order valence-corrected chi connectivity index (χ3v) is 6.56. The predicted molar refractivity (Wildman–Crippen MR) is 131 cm³/mol. The lowest BCUT2D eigenvalue weighted by molar-refractivity contribution is -0.113. The maximum atomic E-state index is 13.1. The largest absolute Gasteiger partial charge is 0.493 e. The van der Waals surface area contributed by atoms with Crippen LogP contribution >= 0.6 is 39.3 Å². The quantitative estimate of drug-likeness (QED) is 0.308. The SMILES string of the molecule is COc1cc(/C=C2/SC(=O)N(c3ccc(Cl)cc3)C2=O)c(Br)cc1OCc1ccc(F)cc1. The minimum Gasteiger partial charge on any atom is -0.493 e. The molecule has 3 aromatic carbocycles. The van der Waals surface area contributed by atoms with Crippen LogP contribution in [0.15, 0.2) is 70.0 Å². The molecule has 1 fully saturated rings. The Labute approximate surface area is 207 Å². The molecule has 0 radical (unpaired) electrons.